The Morgan fingerprint density at radius 1 is 1.13 bits per heavy atom. The van der Waals surface area contributed by atoms with Crippen LogP contribution < -0.4 is 14.8 Å². The fourth-order valence-electron chi connectivity index (χ4n) is 4.45. The quantitative estimate of drug-likeness (QED) is 0.768. The lowest BCUT2D eigenvalue weighted by Crippen LogP contribution is -2.43. The molecule has 5 rings (SSSR count). The third-order valence-corrected chi connectivity index (χ3v) is 9.25. The molecule has 1 aromatic carbocycles. The summed E-state index contributed by atoms with van der Waals surface area (Å²) in [5.74, 6) is 0.266. The summed E-state index contributed by atoms with van der Waals surface area (Å²) in [6, 6.07) is 8.75. The van der Waals surface area contributed by atoms with Crippen molar-refractivity contribution in [2.45, 2.75) is 48.5 Å². The Labute approximate surface area is 180 Å². The SMILES string of the molecule is O=C(Nc1ccc2c(c1)OC1(CCCC1)O2)[C@@H]1CCCN(S(=O)(=O)c2cccs2)C1. The molecule has 3 heterocycles. The van der Waals surface area contributed by atoms with Crippen LogP contribution in [0.25, 0.3) is 0 Å². The topological polar surface area (TPSA) is 84.9 Å². The summed E-state index contributed by atoms with van der Waals surface area (Å²) in [5.41, 5.74) is 0.635. The van der Waals surface area contributed by atoms with Crippen LogP contribution in [0.15, 0.2) is 39.9 Å². The van der Waals surface area contributed by atoms with Crippen LogP contribution >= 0.6 is 11.3 Å². The zero-order valence-corrected chi connectivity index (χ0v) is 18.1. The smallest absolute Gasteiger partial charge is 0.252 e. The molecule has 160 valence electrons. The lowest BCUT2D eigenvalue weighted by Gasteiger charge is -2.30. The van der Waals surface area contributed by atoms with Crippen LogP contribution in [0.1, 0.15) is 38.5 Å². The van der Waals surface area contributed by atoms with Gasteiger partial charge in [-0.25, -0.2) is 8.42 Å². The minimum absolute atomic E-state index is 0.171. The fourth-order valence-corrected chi connectivity index (χ4v) is 7.11. The van der Waals surface area contributed by atoms with Crippen molar-refractivity contribution in [1.29, 1.82) is 0 Å². The van der Waals surface area contributed by atoms with Crippen molar-refractivity contribution >= 4 is 33.0 Å². The van der Waals surface area contributed by atoms with Crippen molar-refractivity contribution in [2.75, 3.05) is 18.4 Å². The molecule has 1 saturated carbocycles. The molecule has 9 heteroatoms. The number of nitrogens with one attached hydrogen (secondary N) is 1. The zero-order chi connectivity index (χ0) is 20.8. The van der Waals surface area contributed by atoms with E-state index in [0.29, 0.717) is 40.8 Å². The molecule has 2 fully saturated rings. The largest absolute Gasteiger partial charge is 0.448 e. The van der Waals surface area contributed by atoms with Gasteiger partial charge in [-0.15, -0.1) is 11.3 Å². The molecular weight excluding hydrogens is 424 g/mol. The lowest BCUT2D eigenvalue weighted by atomic mass is 9.98. The number of fused-ring (bicyclic) bond motifs is 1. The lowest BCUT2D eigenvalue weighted by molar-refractivity contribution is -0.120. The third-order valence-electron chi connectivity index (χ3n) is 6.01. The highest BCUT2D eigenvalue weighted by Gasteiger charge is 2.44. The number of thiophene rings is 1. The van der Waals surface area contributed by atoms with E-state index in [1.807, 2.05) is 6.07 Å². The van der Waals surface area contributed by atoms with Gasteiger partial charge in [-0.05, 0) is 49.3 Å². The van der Waals surface area contributed by atoms with E-state index in [0.717, 1.165) is 25.7 Å². The average molecular weight is 449 g/mol. The summed E-state index contributed by atoms with van der Waals surface area (Å²) in [6.45, 7) is 0.635. The van der Waals surface area contributed by atoms with Gasteiger partial charge in [0.1, 0.15) is 4.21 Å². The second kappa shape index (κ2) is 7.55. The molecule has 0 bridgehead atoms. The minimum Gasteiger partial charge on any atom is -0.448 e. The molecule has 0 radical (unpaired) electrons. The summed E-state index contributed by atoms with van der Waals surface area (Å²) in [7, 11) is -3.54. The van der Waals surface area contributed by atoms with E-state index in [9.17, 15) is 13.2 Å². The number of carbonyl (C=O) groups excluding carboxylic acids is 1. The molecule has 1 aliphatic carbocycles. The molecule has 1 aromatic heterocycles. The summed E-state index contributed by atoms with van der Waals surface area (Å²) >= 11 is 1.20. The van der Waals surface area contributed by atoms with Crippen molar-refractivity contribution in [2.24, 2.45) is 5.92 Å². The Balaban J connectivity index is 1.26. The van der Waals surface area contributed by atoms with Gasteiger partial charge in [0, 0.05) is 37.7 Å². The number of benzene rings is 1. The number of hydrogen-bond acceptors (Lipinski definition) is 6. The number of hydrogen-bond donors (Lipinski definition) is 1. The van der Waals surface area contributed by atoms with Gasteiger partial charge in [0.2, 0.25) is 5.91 Å². The number of ether oxygens (including phenoxy) is 2. The minimum atomic E-state index is -3.54. The molecule has 2 aliphatic heterocycles. The molecule has 1 atom stereocenters. The maximum atomic E-state index is 12.9. The summed E-state index contributed by atoms with van der Waals surface area (Å²) in [5, 5.41) is 4.68. The van der Waals surface area contributed by atoms with Gasteiger partial charge < -0.3 is 14.8 Å². The number of anilines is 1. The Morgan fingerprint density at radius 2 is 1.93 bits per heavy atom. The van der Waals surface area contributed by atoms with Crippen molar-refractivity contribution in [3.05, 3.63) is 35.7 Å². The molecule has 1 saturated heterocycles. The van der Waals surface area contributed by atoms with E-state index in [4.69, 9.17) is 9.47 Å². The van der Waals surface area contributed by atoms with E-state index in [2.05, 4.69) is 5.32 Å². The molecule has 1 N–H and O–H groups in total. The molecular formula is C21H24N2O5S2. The first-order valence-electron chi connectivity index (χ1n) is 10.3. The highest BCUT2D eigenvalue weighted by atomic mass is 32.2. The summed E-state index contributed by atoms with van der Waals surface area (Å²) in [6.07, 6.45) is 5.25. The first-order valence-corrected chi connectivity index (χ1v) is 12.6. The van der Waals surface area contributed by atoms with Crippen LogP contribution in [0, 0.1) is 5.92 Å². The first kappa shape index (κ1) is 19.8. The number of nitrogens with zero attached hydrogens (tertiary/aromatic N) is 1. The monoisotopic (exact) mass is 448 g/mol. The Hall–Kier alpha value is -2.10. The van der Waals surface area contributed by atoms with Gasteiger partial charge >= 0.3 is 0 Å². The van der Waals surface area contributed by atoms with Crippen LogP contribution in [-0.2, 0) is 14.8 Å². The molecule has 3 aliphatic rings. The first-order chi connectivity index (χ1) is 14.5. The molecule has 0 unspecified atom stereocenters. The summed E-state index contributed by atoms with van der Waals surface area (Å²) < 4.78 is 39.4. The number of carbonyl (C=O) groups is 1. The van der Waals surface area contributed by atoms with Gasteiger partial charge in [-0.1, -0.05) is 6.07 Å². The van der Waals surface area contributed by atoms with Gasteiger partial charge in [0.15, 0.2) is 11.5 Å². The van der Waals surface area contributed by atoms with Crippen molar-refractivity contribution < 1.29 is 22.7 Å². The van der Waals surface area contributed by atoms with Crippen LogP contribution in [0.5, 0.6) is 11.5 Å². The maximum Gasteiger partial charge on any atom is 0.252 e. The van der Waals surface area contributed by atoms with Crippen molar-refractivity contribution in [3.8, 4) is 11.5 Å². The van der Waals surface area contributed by atoms with Gasteiger partial charge in [0.05, 0.1) is 5.92 Å². The maximum absolute atomic E-state index is 12.9. The third kappa shape index (κ3) is 3.59. The molecule has 7 nitrogen and oxygen atoms in total. The van der Waals surface area contributed by atoms with E-state index in [-0.39, 0.29) is 18.4 Å². The predicted molar refractivity (Wildman–Crippen MR) is 113 cm³/mol. The highest BCUT2D eigenvalue weighted by molar-refractivity contribution is 7.91. The van der Waals surface area contributed by atoms with Gasteiger partial charge in [-0.2, -0.15) is 4.31 Å². The number of amides is 1. The van der Waals surface area contributed by atoms with Crippen LogP contribution in [-0.4, -0.2) is 37.5 Å². The summed E-state index contributed by atoms with van der Waals surface area (Å²) in [4.78, 5) is 12.9. The van der Waals surface area contributed by atoms with Crippen molar-refractivity contribution in [3.63, 3.8) is 0 Å². The predicted octanol–water partition coefficient (Wildman–Crippen LogP) is 3.83. The normalized spacial score (nSPS) is 23.0. The van der Waals surface area contributed by atoms with Crippen LogP contribution in [0.2, 0.25) is 0 Å². The van der Waals surface area contributed by atoms with Gasteiger partial charge in [-0.3, -0.25) is 4.79 Å². The molecule has 2 aromatic rings. The standard InChI is InChI=1S/C21H24N2O5S2/c24-20(15-5-3-11-23(14-15)30(25,26)19-6-4-12-29-19)22-16-7-8-17-18(13-16)28-21(27-17)9-1-2-10-21/h4,6-8,12-13,15H,1-3,5,9-11,14H2,(H,22,24)/t15-/m1/s1. The van der Waals surface area contributed by atoms with E-state index in [1.165, 1.54) is 15.6 Å². The second-order valence-corrected chi connectivity index (χ2v) is 11.2. The van der Waals surface area contributed by atoms with Crippen LogP contribution in [0.3, 0.4) is 0 Å². The molecule has 1 amide bonds. The Morgan fingerprint density at radius 3 is 2.70 bits per heavy atom. The van der Waals surface area contributed by atoms with E-state index < -0.39 is 15.8 Å². The van der Waals surface area contributed by atoms with Crippen LogP contribution in [0.4, 0.5) is 5.69 Å². The van der Waals surface area contributed by atoms with E-state index >= 15 is 0 Å². The highest BCUT2D eigenvalue weighted by Crippen LogP contribution is 2.47. The van der Waals surface area contributed by atoms with E-state index in [1.54, 1.807) is 29.6 Å². The van der Waals surface area contributed by atoms with Gasteiger partial charge in [0.25, 0.3) is 15.8 Å². The van der Waals surface area contributed by atoms with Crippen molar-refractivity contribution in [1.82, 2.24) is 4.31 Å². The number of rotatable bonds is 4. The average Bonchev–Trinajstić information content (AvgIpc) is 3.49. The number of piperidine rings is 1. The zero-order valence-electron chi connectivity index (χ0n) is 16.5. The molecule has 1 spiro atoms. The molecule has 30 heavy (non-hydrogen) atoms. The Kier molecular flexibility index (Phi) is 4.99. The fraction of sp³-hybridized carbons (Fsp3) is 0.476. The number of sulfonamides is 1. The Bertz CT molecular complexity index is 1050. The second-order valence-electron chi connectivity index (χ2n) is 8.11.